The number of hydrogen-bond acceptors (Lipinski definition) is 4. The van der Waals surface area contributed by atoms with Crippen molar-refractivity contribution in [2.75, 3.05) is 14.2 Å². The van der Waals surface area contributed by atoms with E-state index in [4.69, 9.17) is 10.5 Å². The first-order chi connectivity index (χ1) is 8.17. The molecular weight excluding hydrogens is 220 g/mol. The third-order valence-electron chi connectivity index (χ3n) is 2.71. The average molecular weight is 234 g/mol. The van der Waals surface area contributed by atoms with Crippen molar-refractivity contribution in [3.63, 3.8) is 0 Å². The lowest BCUT2D eigenvalue weighted by molar-refractivity contribution is -0.142. The van der Waals surface area contributed by atoms with Gasteiger partial charge in [-0.15, -0.1) is 0 Å². The quantitative estimate of drug-likeness (QED) is 0.786. The summed E-state index contributed by atoms with van der Waals surface area (Å²) in [6, 6.07) is 4.76. The van der Waals surface area contributed by atoms with Crippen molar-refractivity contribution in [3.05, 3.63) is 30.0 Å². The van der Waals surface area contributed by atoms with Crippen LogP contribution in [0.1, 0.15) is 11.6 Å². The Kier molecular flexibility index (Phi) is 3.01. The molecule has 1 aromatic heterocycles. The molecule has 3 N–H and O–H groups in total. The lowest BCUT2D eigenvalue weighted by atomic mass is 10.1. The topological polar surface area (TPSA) is 77.3 Å². The maximum Gasteiger partial charge on any atom is 0.327 e. The van der Waals surface area contributed by atoms with E-state index in [-0.39, 0.29) is 0 Å². The van der Waals surface area contributed by atoms with E-state index in [1.54, 1.807) is 13.3 Å². The summed E-state index contributed by atoms with van der Waals surface area (Å²) in [6.45, 7) is 0. The molecule has 0 saturated heterocycles. The minimum absolute atomic E-state index is 0.464. The normalized spacial score (nSPS) is 12.4. The van der Waals surface area contributed by atoms with Crippen molar-refractivity contribution in [2.24, 2.45) is 5.73 Å². The molecule has 5 heteroatoms. The molecule has 0 saturated carbocycles. The maximum atomic E-state index is 11.4. The number of nitrogens with one attached hydrogen (secondary N) is 1. The van der Waals surface area contributed by atoms with Crippen molar-refractivity contribution in [1.82, 2.24) is 4.98 Å². The van der Waals surface area contributed by atoms with Crippen LogP contribution in [0.25, 0.3) is 10.9 Å². The van der Waals surface area contributed by atoms with Crippen LogP contribution in [0.5, 0.6) is 5.75 Å². The van der Waals surface area contributed by atoms with Crippen LogP contribution in [0.2, 0.25) is 0 Å². The number of hydrogen-bond donors (Lipinski definition) is 2. The highest BCUT2D eigenvalue weighted by atomic mass is 16.5. The molecule has 0 radical (unpaired) electrons. The van der Waals surface area contributed by atoms with Crippen LogP contribution in [-0.2, 0) is 9.53 Å². The lowest BCUT2D eigenvalue weighted by Crippen LogP contribution is -2.22. The number of ether oxygens (including phenoxy) is 2. The zero-order valence-electron chi connectivity index (χ0n) is 9.69. The Balaban J connectivity index is 2.50. The Morgan fingerprint density at radius 2 is 2.18 bits per heavy atom. The Bertz CT molecular complexity index is 548. The number of rotatable bonds is 3. The molecule has 0 aliphatic rings. The largest absolute Gasteiger partial charge is 0.497 e. The predicted octanol–water partition coefficient (Wildman–Crippen LogP) is 1.35. The Morgan fingerprint density at radius 3 is 2.82 bits per heavy atom. The fourth-order valence-corrected chi connectivity index (χ4v) is 1.76. The van der Waals surface area contributed by atoms with E-state index >= 15 is 0 Å². The second-order valence-electron chi connectivity index (χ2n) is 3.66. The molecular formula is C12H14N2O3. The molecule has 2 aromatic rings. The van der Waals surface area contributed by atoms with E-state index in [1.807, 2.05) is 18.2 Å². The number of H-pyrrole nitrogens is 1. The smallest absolute Gasteiger partial charge is 0.327 e. The van der Waals surface area contributed by atoms with Gasteiger partial charge in [-0.3, -0.25) is 4.79 Å². The van der Waals surface area contributed by atoms with Gasteiger partial charge in [0.05, 0.1) is 14.2 Å². The van der Waals surface area contributed by atoms with Crippen LogP contribution >= 0.6 is 0 Å². The fourth-order valence-electron chi connectivity index (χ4n) is 1.76. The molecule has 0 amide bonds. The number of nitrogens with two attached hydrogens (primary N) is 1. The maximum absolute atomic E-state index is 11.4. The average Bonchev–Trinajstić information content (AvgIpc) is 2.79. The third-order valence-corrected chi connectivity index (χ3v) is 2.71. The SMILES string of the molecule is COC(=O)C(N)c1c[nH]c2ccc(OC)cc12. The van der Waals surface area contributed by atoms with Gasteiger partial charge in [-0.1, -0.05) is 0 Å². The first-order valence-electron chi connectivity index (χ1n) is 5.15. The molecule has 1 heterocycles. The molecule has 1 atom stereocenters. The Morgan fingerprint density at radius 1 is 1.41 bits per heavy atom. The van der Waals surface area contributed by atoms with Crippen molar-refractivity contribution >= 4 is 16.9 Å². The van der Waals surface area contributed by atoms with Crippen LogP contribution in [0.3, 0.4) is 0 Å². The summed E-state index contributed by atoms with van der Waals surface area (Å²) < 4.78 is 9.77. The second-order valence-corrected chi connectivity index (χ2v) is 3.66. The molecule has 0 spiro atoms. The molecule has 17 heavy (non-hydrogen) atoms. The molecule has 0 fully saturated rings. The van der Waals surface area contributed by atoms with E-state index in [0.29, 0.717) is 5.56 Å². The van der Waals surface area contributed by atoms with Gasteiger partial charge in [0, 0.05) is 22.7 Å². The van der Waals surface area contributed by atoms with E-state index in [1.165, 1.54) is 7.11 Å². The molecule has 5 nitrogen and oxygen atoms in total. The fraction of sp³-hybridized carbons (Fsp3) is 0.250. The number of aromatic amines is 1. The van der Waals surface area contributed by atoms with Crippen molar-refractivity contribution in [2.45, 2.75) is 6.04 Å². The Hall–Kier alpha value is -2.01. The van der Waals surface area contributed by atoms with Crippen molar-refractivity contribution < 1.29 is 14.3 Å². The van der Waals surface area contributed by atoms with Crippen LogP contribution in [-0.4, -0.2) is 25.2 Å². The highest BCUT2D eigenvalue weighted by molar-refractivity contribution is 5.90. The first kappa shape index (κ1) is 11.5. The summed E-state index contributed by atoms with van der Waals surface area (Å²) in [5.74, 6) is 0.254. The number of aromatic nitrogens is 1. The number of esters is 1. The summed E-state index contributed by atoms with van der Waals surface area (Å²) in [5, 5.41) is 0.863. The minimum Gasteiger partial charge on any atom is -0.497 e. The molecule has 2 rings (SSSR count). The van der Waals surface area contributed by atoms with Gasteiger partial charge in [-0.25, -0.2) is 0 Å². The summed E-state index contributed by atoms with van der Waals surface area (Å²) >= 11 is 0. The van der Waals surface area contributed by atoms with Gasteiger partial charge in [-0.2, -0.15) is 0 Å². The summed E-state index contributed by atoms with van der Waals surface area (Å²) in [7, 11) is 2.91. The number of carbonyl (C=O) groups is 1. The zero-order valence-corrected chi connectivity index (χ0v) is 9.69. The molecule has 90 valence electrons. The van der Waals surface area contributed by atoms with Gasteiger partial charge in [0.25, 0.3) is 0 Å². The molecule has 0 bridgehead atoms. The lowest BCUT2D eigenvalue weighted by Gasteiger charge is -2.08. The van der Waals surface area contributed by atoms with Gasteiger partial charge in [0.2, 0.25) is 0 Å². The molecule has 0 aliphatic carbocycles. The van der Waals surface area contributed by atoms with Crippen molar-refractivity contribution in [1.29, 1.82) is 0 Å². The van der Waals surface area contributed by atoms with Crippen LogP contribution in [0, 0.1) is 0 Å². The van der Waals surface area contributed by atoms with Crippen LogP contribution in [0.4, 0.5) is 0 Å². The number of benzene rings is 1. The van der Waals surface area contributed by atoms with Gasteiger partial charge in [-0.05, 0) is 18.2 Å². The summed E-state index contributed by atoms with van der Waals surface area (Å²) in [5.41, 5.74) is 7.42. The summed E-state index contributed by atoms with van der Waals surface area (Å²) in [4.78, 5) is 14.5. The number of fused-ring (bicyclic) bond motifs is 1. The molecule has 1 aromatic carbocycles. The standard InChI is InChI=1S/C12H14N2O3/c1-16-7-3-4-10-8(5-7)9(6-14-10)11(13)12(15)17-2/h3-6,11,14H,13H2,1-2H3. The van der Waals surface area contributed by atoms with Gasteiger partial charge in [0.15, 0.2) is 0 Å². The Labute approximate surface area is 98.5 Å². The summed E-state index contributed by atoms with van der Waals surface area (Å²) in [6.07, 6.45) is 1.71. The minimum atomic E-state index is -0.791. The molecule has 1 unspecified atom stereocenters. The molecule has 0 aliphatic heterocycles. The predicted molar refractivity (Wildman–Crippen MR) is 63.8 cm³/mol. The second kappa shape index (κ2) is 4.47. The van der Waals surface area contributed by atoms with Gasteiger partial charge >= 0.3 is 5.97 Å². The zero-order chi connectivity index (χ0) is 12.4. The van der Waals surface area contributed by atoms with E-state index in [9.17, 15) is 4.79 Å². The van der Waals surface area contributed by atoms with E-state index < -0.39 is 12.0 Å². The number of methoxy groups -OCH3 is 2. The monoisotopic (exact) mass is 234 g/mol. The van der Waals surface area contributed by atoms with Gasteiger partial charge < -0.3 is 20.2 Å². The number of carbonyl (C=O) groups excluding carboxylic acids is 1. The highest BCUT2D eigenvalue weighted by Gasteiger charge is 2.20. The third kappa shape index (κ3) is 1.97. The van der Waals surface area contributed by atoms with Crippen LogP contribution in [0.15, 0.2) is 24.4 Å². The van der Waals surface area contributed by atoms with Crippen molar-refractivity contribution in [3.8, 4) is 5.75 Å². The van der Waals surface area contributed by atoms with E-state index in [0.717, 1.165) is 16.7 Å². The first-order valence-corrected chi connectivity index (χ1v) is 5.15. The van der Waals surface area contributed by atoms with E-state index in [2.05, 4.69) is 9.72 Å². The van der Waals surface area contributed by atoms with Crippen LogP contribution < -0.4 is 10.5 Å². The van der Waals surface area contributed by atoms with Gasteiger partial charge in [0.1, 0.15) is 11.8 Å². The highest BCUT2D eigenvalue weighted by Crippen LogP contribution is 2.27.